The van der Waals surface area contributed by atoms with Crippen LogP contribution >= 0.6 is 0 Å². The van der Waals surface area contributed by atoms with Crippen LogP contribution in [0.3, 0.4) is 0 Å². The summed E-state index contributed by atoms with van der Waals surface area (Å²) in [7, 11) is 0. The second kappa shape index (κ2) is 5.08. The maximum absolute atomic E-state index is 12.9. The number of ether oxygens (including phenoxy) is 1. The Morgan fingerprint density at radius 3 is 2.67 bits per heavy atom. The van der Waals surface area contributed by atoms with E-state index in [1.54, 1.807) is 6.07 Å². The molecule has 2 N–H and O–H groups in total. The van der Waals surface area contributed by atoms with Gasteiger partial charge in [-0.1, -0.05) is 18.2 Å². The Balaban J connectivity index is 2.14. The molecule has 2 nitrogen and oxygen atoms in total. The average molecular weight is 245 g/mol. The number of benzene rings is 2. The minimum atomic E-state index is -0.331. The van der Waals surface area contributed by atoms with E-state index in [0.29, 0.717) is 12.3 Å². The number of nitrogen functional groups attached to an aromatic ring is 1. The predicted molar refractivity (Wildman–Crippen MR) is 71.1 cm³/mol. The zero-order chi connectivity index (χ0) is 13.1. The lowest BCUT2D eigenvalue weighted by Gasteiger charge is -2.12. The number of nitrogens with two attached hydrogens (primary N) is 1. The largest absolute Gasteiger partial charge is 0.489 e. The van der Waals surface area contributed by atoms with Crippen LogP contribution in [0.25, 0.3) is 0 Å². The molecule has 0 heterocycles. The quantitative estimate of drug-likeness (QED) is 0.838. The molecule has 2 rings (SSSR count). The first-order valence-corrected chi connectivity index (χ1v) is 5.81. The minimum Gasteiger partial charge on any atom is -0.489 e. The standard InChI is InChI=1S/C15H16FNO/c1-10-4-3-5-15(11(10)2)18-9-12-6-7-13(16)8-14(12)17/h3-8H,9,17H2,1-2H3. The highest BCUT2D eigenvalue weighted by atomic mass is 19.1. The fourth-order valence-electron chi connectivity index (χ4n) is 1.73. The summed E-state index contributed by atoms with van der Waals surface area (Å²) in [4.78, 5) is 0. The van der Waals surface area contributed by atoms with E-state index in [2.05, 4.69) is 0 Å². The van der Waals surface area contributed by atoms with Gasteiger partial charge in [0.25, 0.3) is 0 Å². The van der Waals surface area contributed by atoms with Crippen LogP contribution in [0.2, 0.25) is 0 Å². The normalized spacial score (nSPS) is 10.4. The Labute approximate surface area is 106 Å². The monoisotopic (exact) mass is 245 g/mol. The summed E-state index contributed by atoms with van der Waals surface area (Å²) in [5.74, 6) is 0.502. The second-order valence-corrected chi connectivity index (χ2v) is 4.33. The van der Waals surface area contributed by atoms with Gasteiger partial charge in [0.05, 0.1) is 0 Å². The van der Waals surface area contributed by atoms with Gasteiger partial charge in [0.2, 0.25) is 0 Å². The molecule has 3 heteroatoms. The third-order valence-corrected chi connectivity index (χ3v) is 3.05. The van der Waals surface area contributed by atoms with Crippen LogP contribution in [0, 0.1) is 19.7 Å². The highest BCUT2D eigenvalue weighted by Crippen LogP contribution is 2.23. The zero-order valence-electron chi connectivity index (χ0n) is 10.5. The Hall–Kier alpha value is -2.03. The first-order chi connectivity index (χ1) is 8.58. The fourth-order valence-corrected chi connectivity index (χ4v) is 1.73. The van der Waals surface area contributed by atoms with Crippen LogP contribution in [-0.2, 0) is 6.61 Å². The number of hydrogen-bond donors (Lipinski definition) is 1. The third-order valence-electron chi connectivity index (χ3n) is 3.05. The van der Waals surface area contributed by atoms with Crippen LogP contribution < -0.4 is 10.5 Å². The minimum absolute atomic E-state index is 0.331. The molecule has 0 radical (unpaired) electrons. The van der Waals surface area contributed by atoms with E-state index in [1.807, 2.05) is 32.0 Å². The maximum atomic E-state index is 12.9. The van der Waals surface area contributed by atoms with Crippen molar-refractivity contribution in [2.24, 2.45) is 0 Å². The molecule has 0 aliphatic carbocycles. The molecular weight excluding hydrogens is 229 g/mol. The summed E-state index contributed by atoms with van der Waals surface area (Å²) < 4.78 is 18.6. The highest BCUT2D eigenvalue weighted by molar-refractivity contribution is 5.47. The summed E-state index contributed by atoms with van der Waals surface area (Å²) in [5, 5.41) is 0. The van der Waals surface area contributed by atoms with Crippen LogP contribution in [0.1, 0.15) is 16.7 Å². The van der Waals surface area contributed by atoms with Crippen LogP contribution in [0.15, 0.2) is 36.4 Å². The molecule has 18 heavy (non-hydrogen) atoms. The molecule has 0 atom stereocenters. The van der Waals surface area contributed by atoms with Gasteiger partial charge in [-0.2, -0.15) is 0 Å². The molecule has 94 valence electrons. The SMILES string of the molecule is Cc1cccc(OCc2ccc(F)cc2N)c1C. The molecule has 2 aromatic carbocycles. The Bertz CT molecular complexity index is 566. The second-order valence-electron chi connectivity index (χ2n) is 4.33. The molecule has 0 aliphatic heterocycles. The van der Waals surface area contributed by atoms with Crippen molar-refractivity contribution in [3.05, 3.63) is 58.9 Å². The lowest BCUT2D eigenvalue weighted by molar-refractivity contribution is 0.304. The summed E-state index contributed by atoms with van der Waals surface area (Å²) >= 11 is 0. The van der Waals surface area contributed by atoms with Crippen molar-refractivity contribution >= 4 is 5.69 Å². The summed E-state index contributed by atoms with van der Waals surface area (Å²) in [6.07, 6.45) is 0. The molecule has 0 saturated carbocycles. The van der Waals surface area contributed by atoms with Crippen molar-refractivity contribution in [3.63, 3.8) is 0 Å². The van der Waals surface area contributed by atoms with E-state index in [9.17, 15) is 4.39 Å². The lowest BCUT2D eigenvalue weighted by Crippen LogP contribution is -2.02. The molecule has 0 saturated heterocycles. The smallest absolute Gasteiger partial charge is 0.125 e. The number of hydrogen-bond acceptors (Lipinski definition) is 2. The Morgan fingerprint density at radius 2 is 1.94 bits per heavy atom. The number of anilines is 1. The first-order valence-electron chi connectivity index (χ1n) is 5.81. The van der Waals surface area contributed by atoms with Gasteiger partial charge in [-0.05, 0) is 43.2 Å². The Morgan fingerprint density at radius 1 is 1.17 bits per heavy atom. The molecule has 0 bridgehead atoms. The molecule has 0 aromatic heterocycles. The van der Waals surface area contributed by atoms with Crippen LogP contribution in [0.5, 0.6) is 5.75 Å². The van der Waals surface area contributed by atoms with Crippen molar-refractivity contribution in [2.75, 3.05) is 5.73 Å². The van der Waals surface area contributed by atoms with E-state index in [1.165, 1.54) is 17.7 Å². The summed E-state index contributed by atoms with van der Waals surface area (Å²) in [6, 6.07) is 10.2. The van der Waals surface area contributed by atoms with Crippen LogP contribution in [-0.4, -0.2) is 0 Å². The van der Waals surface area contributed by atoms with Gasteiger partial charge < -0.3 is 10.5 Å². The molecule has 0 unspecified atom stereocenters. The van der Waals surface area contributed by atoms with Gasteiger partial charge in [0.15, 0.2) is 0 Å². The van der Waals surface area contributed by atoms with Gasteiger partial charge in [-0.3, -0.25) is 0 Å². The van der Waals surface area contributed by atoms with Crippen LogP contribution in [0.4, 0.5) is 10.1 Å². The number of aryl methyl sites for hydroxylation is 1. The highest BCUT2D eigenvalue weighted by Gasteiger charge is 2.05. The van der Waals surface area contributed by atoms with Crippen molar-refractivity contribution < 1.29 is 9.13 Å². The summed E-state index contributed by atoms with van der Waals surface area (Å²) in [6.45, 7) is 4.39. The van der Waals surface area contributed by atoms with E-state index >= 15 is 0 Å². The van der Waals surface area contributed by atoms with E-state index < -0.39 is 0 Å². The van der Waals surface area contributed by atoms with Crippen molar-refractivity contribution in [3.8, 4) is 5.75 Å². The summed E-state index contributed by atoms with van der Waals surface area (Å²) in [5.41, 5.74) is 9.23. The van der Waals surface area contributed by atoms with Gasteiger partial charge in [0.1, 0.15) is 18.2 Å². The molecule has 0 fully saturated rings. The average Bonchev–Trinajstić information content (AvgIpc) is 2.33. The third kappa shape index (κ3) is 2.62. The zero-order valence-corrected chi connectivity index (χ0v) is 10.5. The molecule has 0 amide bonds. The van der Waals surface area contributed by atoms with Gasteiger partial charge in [0, 0.05) is 11.3 Å². The maximum Gasteiger partial charge on any atom is 0.125 e. The van der Waals surface area contributed by atoms with E-state index in [-0.39, 0.29) is 5.82 Å². The van der Waals surface area contributed by atoms with Crippen molar-refractivity contribution in [2.45, 2.75) is 20.5 Å². The fraction of sp³-hybridized carbons (Fsp3) is 0.200. The molecule has 0 aliphatic rings. The van der Waals surface area contributed by atoms with Gasteiger partial charge in [-0.25, -0.2) is 4.39 Å². The predicted octanol–water partition coefficient (Wildman–Crippen LogP) is 3.60. The van der Waals surface area contributed by atoms with Gasteiger partial charge in [-0.15, -0.1) is 0 Å². The van der Waals surface area contributed by atoms with E-state index in [0.717, 1.165) is 16.9 Å². The van der Waals surface area contributed by atoms with E-state index in [4.69, 9.17) is 10.5 Å². The molecule has 0 spiro atoms. The number of rotatable bonds is 3. The molecule has 2 aromatic rings. The number of halogens is 1. The van der Waals surface area contributed by atoms with Crippen molar-refractivity contribution in [1.29, 1.82) is 0 Å². The molecular formula is C15H16FNO. The van der Waals surface area contributed by atoms with Crippen molar-refractivity contribution in [1.82, 2.24) is 0 Å². The Kier molecular flexibility index (Phi) is 3.51. The topological polar surface area (TPSA) is 35.2 Å². The first kappa shape index (κ1) is 12.4. The lowest BCUT2D eigenvalue weighted by atomic mass is 10.1. The van der Waals surface area contributed by atoms with Gasteiger partial charge >= 0.3 is 0 Å².